The van der Waals surface area contributed by atoms with E-state index in [-0.39, 0.29) is 30.3 Å². The number of amides is 1. The summed E-state index contributed by atoms with van der Waals surface area (Å²) in [6.07, 6.45) is 1.04. The molecule has 0 aliphatic rings. The van der Waals surface area contributed by atoms with E-state index in [9.17, 15) is 19.3 Å². The summed E-state index contributed by atoms with van der Waals surface area (Å²) in [5.74, 6) is -1.41. The van der Waals surface area contributed by atoms with Gasteiger partial charge in [0.05, 0.1) is 18.5 Å². The molecule has 2 aromatic rings. The number of ketones is 1. The number of hydrogen-bond acceptors (Lipinski definition) is 10. The Morgan fingerprint density at radius 1 is 1.06 bits per heavy atom. The zero-order chi connectivity index (χ0) is 24.2. The Balaban J connectivity index is 2.13. The van der Waals surface area contributed by atoms with Crippen LogP contribution in [0.3, 0.4) is 0 Å². The first kappa shape index (κ1) is 24.7. The van der Waals surface area contributed by atoms with E-state index in [4.69, 9.17) is 14.2 Å². The molecular formula is C22H22N4O7. The highest BCUT2D eigenvalue weighted by Gasteiger charge is 2.19. The van der Waals surface area contributed by atoms with Crippen molar-refractivity contribution in [1.82, 2.24) is 0 Å². The van der Waals surface area contributed by atoms with Gasteiger partial charge in [-0.15, -0.1) is 4.91 Å². The topological polar surface area (TPSA) is 145 Å². The van der Waals surface area contributed by atoms with Crippen LogP contribution in [0.2, 0.25) is 0 Å². The van der Waals surface area contributed by atoms with Gasteiger partial charge in [-0.3, -0.25) is 15.0 Å². The molecule has 0 saturated heterocycles. The number of nitroso groups, excluding NO2 is 1. The minimum absolute atomic E-state index is 0.0164. The zero-order valence-electron chi connectivity index (χ0n) is 18.0. The van der Waals surface area contributed by atoms with Crippen LogP contribution >= 0.6 is 0 Å². The SMILES string of the molecule is C=CC(=O)OCCOc1ccccc1NC(=O)/C(=N/Nc1ccc(N=O)cc1OC)C(C)=O. The molecule has 0 aliphatic heterocycles. The molecular weight excluding hydrogens is 432 g/mol. The number of esters is 1. The molecule has 0 radical (unpaired) electrons. The number of carbonyl (C=O) groups is 3. The van der Waals surface area contributed by atoms with Crippen LogP contribution in [0.1, 0.15) is 6.92 Å². The molecule has 11 nitrogen and oxygen atoms in total. The standard InChI is InChI=1S/C22H22N4O7/c1-4-20(28)33-12-11-32-18-8-6-5-7-16(18)23-22(29)21(14(2)27)25-24-17-10-9-15(26-30)13-19(17)31-3/h4-10,13,24H,1,11-12H2,2-3H3,(H,23,29)/b25-21+. The summed E-state index contributed by atoms with van der Waals surface area (Å²) in [7, 11) is 1.38. The summed E-state index contributed by atoms with van der Waals surface area (Å²) >= 11 is 0. The van der Waals surface area contributed by atoms with Gasteiger partial charge in [0.25, 0.3) is 5.91 Å². The van der Waals surface area contributed by atoms with Gasteiger partial charge in [0.2, 0.25) is 0 Å². The summed E-state index contributed by atoms with van der Waals surface area (Å²) in [5, 5.41) is 9.28. The highest BCUT2D eigenvalue weighted by atomic mass is 16.6. The van der Waals surface area contributed by atoms with Crippen molar-refractivity contribution in [3.8, 4) is 11.5 Å². The molecule has 0 atom stereocenters. The smallest absolute Gasteiger partial charge is 0.330 e. The monoisotopic (exact) mass is 454 g/mol. The van der Waals surface area contributed by atoms with E-state index in [2.05, 4.69) is 27.6 Å². The van der Waals surface area contributed by atoms with Gasteiger partial charge >= 0.3 is 5.97 Å². The fraction of sp³-hybridized carbons (Fsp3) is 0.182. The lowest BCUT2D eigenvalue weighted by Crippen LogP contribution is -2.29. The molecule has 0 saturated carbocycles. The summed E-state index contributed by atoms with van der Waals surface area (Å²) in [4.78, 5) is 46.5. The van der Waals surface area contributed by atoms with Crippen molar-refractivity contribution in [2.75, 3.05) is 31.1 Å². The highest BCUT2D eigenvalue weighted by molar-refractivity contribution is 6.67. The largest absolute Gasteiger partial charge is 0.494 e. The van der Waals surface area contributed by atoms with E-state index >= 15 is 0 Å². The first-order valence-corrected chi connectivity index (χ1v) is 9.58. The van der Waals surface area contributed by atoms with Crippen LogP contribution in [0.25, 0.3) is 0 Å². The summed E-state index contributed by atoms with van der Waals surface area (Å²) in [5.41, 5.74) is 2.91. The van der Waals surface area contributed by atoms with Gasteiger partial charge in [0.1, 0.15) is 30.4 Å². The maximum atomic E-state index is 12.7. The van der Waals surface area contributed by atoms with Gasteiger partial charge in [-0.2, -0.15) is 5.10 Å². The maximum Gasteiger partial charge on any atom is 0.330 e. The van der Waals surface area contributed by atoms with E-state index in [1.165, 1.54) is 32.2 Å². The Labute approximate surface area is 189 Å². The van der Waals surface area contributed by atoms with Crippen molar-refractivity contribution in [3.63, 3.8) is 0 Å². The number of rotatable bonds is 12. The molecule has 172 valence electrons. The minimum Gasteiger partial charge on any atom is -0.494 e. The Kier molecular flexibility index (Phi) is 9.25. The molecule has 11 heteroatoms. The molecule has 0 aliphatic carbocycles. The van der Waals surface area contributed by atoms with Crippen molar-refractivity contribution >= 4 is 40.4 Å². The quantitative estimate of drug-likeness (QED) is 0.0946. The van der Waals surface area contributed by atoms with Gasteiger partial charge in [-0.25, -0.2) is 4.79 Å². The highest BCUT2D eigenvalue weighted by Crippen LogP contribution is 2.29. The van der Waals surface area contributed by atoms with Crippen molar-refractivity contribution in [2.45, 2.75) is 6.92 Å². The van der Waals surface area contributed by atoms with E-state index in [0.29, 0.717) is 11.4 Å². The van der Waals surface area contributed by atoms with Crippen molar-refractivity contribution in [2.24, 2.45) is 10.3 Å². The second-order valence-corrected chi connectivity index (χ2v) is 6.27. The average molecular weight is 454 g/mol. The third-order valence-electron chi connectivity index (χ3n) is 4.01. The molecule has 0 bridgehead atoms. The first-order chi connectivity index (χ1) is 15.9. The molecule has 0 fully saturated rings. The van der Waals surface area contributed by atoms with Crippen molar-refractivity contribution < 1.29 is 28.6 Å². The number of carbonyl (C=O) groups excluding carboxylic acids is 3. The molecule has 2 N–H and O–H groups in total. The number of benzene rings is 2. The van der Waals surface area contributed by atoms with E-state index in [1.807, 2.05) is 0 Å². The van der Waals surface area contributed by atoms with Crippen LogP contribution in [0.5, 0.6) is 11.5 Å². The fourth-order valence-corrected chi connectivity index (χ4v) is 2.46. The number of anilines is 2. The van der Waals surface area contributed by atoms with Gasteiger partial charge in [-0.05, 0) is 29.4 Å². The van der Waals surface area contributed by atoms with Gasteiger partial charge < -0.3 is 19.5 Å². The summed E-state index contributed by atoms with van der Waals surface area (Å²) in [6, 6.07) is 10.8. The second-order valence-electron chi connectivity index (χ2n) is 6.27. The van der Waals surface area contributed by atoms with E-state index in [0.717, 1.165) is 6.08 Å². The predicted molar refractivity (Wildman–Crippen MR) is 122 cm³/mol. The number of para-hydroxylation sites is 2. The Morgan fingerprint density at radius 2 is 1.82 bits per heavy atom. The molecule has 2 aromatic carbocycles. The summed E-state index contributed by atoms with van der Waals surface area (Å²) < 4.78 is 15.5. The van der Waals surface area contributed by atoms with Crippen LogP contribution in [0, 0.1) is 4.91 Å². The Morgan fingerprint density at radius 3 is 2.48 bits per heavy atom. The summed E-state index contributed by atoms with van der Waals surface area (Å²) in [6.45, 7) is 4.50. The minimum atomic E-state index is -0.783. The van der Waals surface area contributed by atoms with Gasteiger partial charge in [0.15, 0.2) is 11.5 Å². The van der Waals surface area contributed by atoms with E-state index < -0.39 is 23.4 Å². The van der Waals surface area contributed by atoms with Crippen molar-refractivity contribution in [3.05, 3.63) is 60.0 Å². The molecule has 33 heavy (non-hydrogen) atoms. The van der Waals surface area contributed by atoms with E-state index in [1.54, 1.807) is 24.3 Å². The Bertz CT molecular complexity index is 1080. The molecule has 0 unspecified atom stereocenters. The number of hydrogen-bond donors (Lipinski definition) is 2. The molecule has 1 amide bonds. The number of ether oxygens (including phenoxy) is 3. The zero-order valence-corrected chi connectivity index (χ0v) is 18.0. The maximum absolute atomic E-state index is 12.7. The lowest BCUT2D eigenvalue weighted by atomic mass is 10.2. The van der Waals surface area contributed by atoms with Crippen LogP contribution in [0.4, 0.5) is 17.1 Å². The van der Waals surface area contributed by atoms with Crippen LogP contribution in [-0.2, 0) is 19.1 Å². The number of nitrogens with one attached hydrogen (secondary N) is 2. The third kappa shape index (κ3) is 7.28. The lowest BCUT2D eigenvalue weighted by molar-refractivity contribution is -0.138. The molecule has 0 aromatic heterocycles. The fourth-order valence-electron chi connectivity index (χ4n) is 2.46. The number of nitrogens with zero attached hydrogens (tertiary/aromatic N) is 2. The van der Waals surface area contributed by atoms with Gasteiger partial charge in [0, 0.05) is 19.1 Å². The first-order valence-electron chi connectivity index (χ1n) is 9.58. The van der Waals surface area contributed by atoms with Gasteiger partial charge in [-0.1, -0.05) is 18.7 Å². The molecule has 0 spiro atoms. The van der Waals surface area contributed by atoms with Crippen molar-refractivity contribution in [1.29, 1.82) is 0 Å². The lowest BCUT2D eigenvalue weighted by Gasteiger charge is -2.13. The Hall–Kier alpha value is -4.54. The third-order valence-corrected chi connectivity index (χ3v) is 4.01. The molecule has 2 rings (SSSR count). The molecule has 0 heterocycles. The van der Waals surface area contributed by atoms with Crippen LogP contribution < -0.4 is 20.2 Å². The average Bonchev–Trinajstić information content (AvgIpc) is 2.82. The number of methoxy groups -OCH3 is 1. The second kappa shape index (κ2) is 12.3. The number of hydrazone groups is 1. The van der Waals surface area contributed by atoms with Crippen LogP contribution in [-0.4, -0.2) is 43.7 Å². The predicted octanol–water partition coefficient (Wildman–Crippen LogP) is 3.20. The van der Waals surface area contributed by atoms with Crippen LogP contribution in [0.15, 0.2) is 65.4 Å². The number of Topliss-reactive ketones (excluding diaryl/α,β-unsaturated/α-hetero) is 1. The normalized spacial score (nSPS) is 10.5.